The average Bonchev–Trinajstić information content (AvgIpc) is 2.70. The zero-order valence-electron chi connectivity index (χ0n) is 15.2. The average molecular weight is 410 g/mol. The highest BCUT2D eigenvalue weighted by molar-refractivity contribution is 7.77. The van der Waals surface area contributed by atoms with Gasteiger partial charge in [-0.15, -0.1) is 0 Å². The van der Waals surface area contributed by atoms with Crippen LogP contribution >= 0.6 is 0 Å². The molecule has 0 aliphatic rings. The number of rotatable bonds is 7. The van der Waals surface area contributed by atoms with E-state index in [1.807, 2.05) is 0 Å². The van der Waals surface area contributed by atoms with Gasteiger partial charge in [-0.3, -0.25) is 9.87 Å². The summed E-state index contributed by atoms with van der Waals surface area (Å²) in [6, 6.07) is 6.65. The van der Waals surface area contributed by atoms with Gasteiger partial charge < -0.3 is 14.2 Å². The van der Waals surface area contributed by atoms with Crippen LogP contribution in [0.4, 0.5) is 10.7 Å². The Morgan fingerprint density at radius 1 is 1.14 bits per heavy atom. The van der Waals surface area contributed by atoms with E-state index in [-0.39, 0.29) is 29.8 Å². The van der Waals surface area contributed by atoms with E-state index < -0.39 is 23.3 Å². The third-order valence-corrected chi connectivity index (χ3v) is 4.14. The molecule has 1 aromatic heterocycles. The zero-order valence-corrected chi connectivity index (χ0v) is 16.1. The van der Waals surface area contributed by atoms with Crippen LogP contribution < -0.4 is 14.8 Å². The number of benzene rings is 1. The number of hydrogen-bond donors (Lipinski definition) is 2. The quantitative estimate of drug-likeness (QED) is 0.512. The Labute approximate surface area is 163 Å². The number of nitrogens with zero attached hydrogens (tertiary/aromatic N) is 3. The number of carbonyl (C=O) groups is 2. The Bertz CT molecular complexity index is 871. The summed E-state index contributed by atoms with van der Waals surface area (Å²) in [5.41, 5.74) is 0.476. The molecular formula is C16H18N4O7S. The van der Waals surface area contributed by atoms with Gasteiger partial charge in [0.25, 0.3) is 11.3 Å². The van der Waals surface area contributed by atoms with Crippen molar-refractivity contribution in [3.8, 4) is 11.8 Å². The van der Waals surface area contributed by atoms with Crippen LogP contribution in [0, 0.1) is 0 Å². The van der Waals surface area contributed by atoms with Gasteiger partial charge in [0.05, 0.1) is 39.5 Å². The molecule has 2 N–H and O–H groups in total. The lowest BCUT2D eigenvalue weighted by atomic mass is 10.1. The van der Waals surface area contributed by atoms with Crippen LogP contribution in [0.5, 0.6) is 11.8 Å². The highest BCUT2D eigenvalue weighted by Gasteiger charge is 2.23. The number of anilines is 1. The number of methoxy groups -OCH3 is 3. The summed E-state index contributed by atoms with van der Waals surface area (Å²) < 4.78 is 36.5. The summed E-state index contributed by atoms with van der Waals surface area (Å²) in [5, 5.41) is 2.29. The molecule has 0 radical (unpaired) electrons. The molecule has 0 aliphatic heterocycles. The van der Waals surface area contributed by atoms with Crippen molar-refractivity contribution in [1.29, 1.82) is 0 Å². The van der Waals surface area contributed by atoms with Crippen molar-refractivity contribution in [1.82, 2.24) is 14.3 Å². The van der Waals surface area contributed by atoms with E-state index in [0.29, 0.717) is 9.87 Å². The molecule has 1 unspecified atom stereocenters. The fraction of sp³-hybridized carbons (Fsp3) is 0.250. The minimum atomic E-state index is -2.69. The molecule has 2 amide bonds. The van der Waals surface area contributed by atoms with Crippen LogP contribution in [0.2, 0.25) is 0 Å². The molecule has 0 aliphatic carbocycles. The van der Waals surface area contributed by atoms with Crippen LogP contribution in [0.1, 0.15) is 15.9 Å². The van der Waals surface area contributed by atoms with Gasteiger partial charge in [0.15, 0.2) is 0 Å². The Balaban J connectivity index is 2.27. The lowest BCUT2D eigenvalue weighted by molar-refractivity contribution is 0.0598. The van der Waals surface area contributed by atoms with E-state index in [9.17, 15) is 18.4 Å². The van der Waals surface area contributed by atoms with Gasteiger partial charge in [-0.2, -0.15) is 9.97 Å². The van der Waals surface area contributed by atoms with Gasteiger partial charge in [0.2, 0.25) is 17.7 Å². The van der Waals surface area contributed by atoms with Gasteiger partial charge in [-0.1, -0.05) is 18.2 Å². The Kier molecular flexibility index (Phi) is 7.23. The number of hydrogen-bond acceptors (Lipinski definition) is 8. The van der Waals surface area contributed by atoms with E-state index in [0.717, 1.165) is 0 Å². The summed E-state index contributed by atoms with van der Waals surface area (Å²) in [5.74, 6) is -0.594. The number of urea groups is 1. The molecule has 150 valence electrons. The van der Waals surface area contributed by atoms with Crippen molar-refractivity contribution >= 4 is 29.2 Å². The number of nitrogens with one attached hydrogen (secondary N) is 1. The molecule has 0 saturated heterocycles. The van der Waals surface area contributed by atoms with Crippen LogP contribution in [-0.2, 0) is 22.5 Å². The third-order valence-electron chi connectivity index (χ3n) is 3.47. The molecule has 12 heteroatoms. The van der Waals surface area contributed by atoms with Crippen molar-refractivity contribution in [2.45, 2.75) is 6.54 Å². The van der Waals surface area contributed by atoms with Crippen LogP contribution in [0.3, 0.4) is 0 Å². The minimum Gasteiger partial charge on any atom is -0.481 e. The lowest BCUT2D eigenvalue weighted by Gasteiger charge is -2.19. The maximum absolute atomic E-state index is 12.5. The second-order valence-corrected chi connectivity index (χ2v) is 6.02. The SMILES string of the molecule is COC(=O)c1ccccc1CN(C(=O)Nc1nc(OC)cc(OC)n1)S(=O)O. The van der Waals surface area contributed by atoms with Crippen LogP contribution in [0.25, 0.3) is 0 Å². The molecule has 0 saturated carbocycles. The van der Waals surface area contributed by atoms with E-state index >= 15 is 0 Å². The molecule has 2 rings (SSSR count). The predicted molar refractivity (Wildman–Crippen MR) is 98.3 cm³/mol. The Morgan fingerprint density at radius 2 is 1.75 bits per heavy atom. The number of amides is 2. The van der Waals surface area contributed by atoms with E-state index in [1.165, 1.54) is 39.5 Å². The standard InChI is InChI=1S/C16H18N4O7S/c1-25-12-8-13(26-2)18-15(17-12)19-16(22)20(28(23)24)9-10-6-4-5-7-11(10)14(21)27-3/h4-8H,9H2,1-3H3,(H,23,24)(H,17,18,19,22). The number of ether oxygens (including phenoxy) is 3. The second kappa shape index (κ2) is 9.62. The summed E-state index contributed by atoms with van der Waals surface area (Å²) in [4.78, 5) is 32.2. The molecular weight excluding hydrogens is 392 g/mol. The van der Waals surface area contributed by atoms with Crippen molar-refractivity contribution in [3.05, 3.63) is 41.5 Å². The summed E-state index contributed by atoms with van der Waals surface area (Å²) >= 11 is -2.69. The third kappa shape index (κ3) is 5.14. The molecule has 11 nitrogen and oxygen atoms in total. The first-order valence-electron chi connectivity index (χ1n) is 7.72. The van der Waals surface area contributed by atoms with E-state index in [4.69, 9.17) is 9.47 Å². The molecule has 1 heterocycles. The molecule has 2 aromatic rings. The minimum absolute atomic E-state index is 0.120. The normalized spacial score (nSPS) is 11.3. The molecule has 28 heavy (non-hydrogen) atoms. The number of aromatic nitrogens is 2. The fourth-order valence-corrected chi connectivity index (χ4v) is 2.58. The maximum Gasteiger partial charge on any atom is 0.338 e. The van der Waals surface area contributed by atoms with Gasteiger partial charge >= 0.3 is 12.0 Å². The van der Waals surface area contributed by atoms with Gasteiger partial charge in [-0.05, 0) is 11.6 Å². The maximum atomic E-state index is 12.5. The molecule has 1 aromatic carbocycles. The van der Waals surface area contributed by atoms with Gasteiger partial charge in [0.1, 0.15) is 0 Å². The molecule has 0 fully saturated rings. The predicted octanol–water partition coefficient (Wildman–Crippen LogP) is 1.45. The summed E-state index contributed by atoms with van der Waals surface area (Å²) in [7, 11) is 3.94. The Morgan fingerprint density at radius 3 is 2.29 bits per heavy atom. The smallest absolute Gasteiger partial charge is 0.338 e. The summed E-state index contributed by atoms with van der Waals surface area (Å²) in [6.45, 7) is -0.346. The fourth-order valence-electron chi connectivity index (χ4n) is 2.15. The molecule has 1 atom stereocenters. The monoisotopic (exact) mass is 410 g/mol. The van der Waals surface area contributed by atoms with Crippen molar-refractivity contribution in [2.24, 2.45) is 0 Å². The van der Waals surface area contributed by atoms with Gasteiger partial charge in [0, 0.05) is 0 Å². The zero-order chi connectivity index (χ0) is 20.7. The topological polar surface area (TPSA) is 140 Å². The van der Waals surface area contributed by atoms with Crippen molar-refractivity contribution in [3.63, 3.8) is 0 Å². The first-order valence-corrected chi connectivity index (χ1v) is 8.78. The second-order valence-electron chi connectivity index (χ2n) is 5.12. The largest absolute Gasteiger partial charge is 0.481 e. The van der Waals surface area contributed by atoms with Gasteiger partial charge in [-0.25, -0.2) is 18.1 Å². The van der Waals surface area contributed by atoms with E-state index in [1.54, 1.807) is 12.1 Å². The lowest BCUT2D eigenvalue weighted by Crippen LogP contribution is -2.36. The molecule has 0 spiro atoms. The number of carbonyl (C=O) groups excluding carboxylic acids is 2. The van der Waals surface area contributed by atoms with E-state index in [2.05, 4.69) is 20.0 Å². The first kappa shape index (κ1) is 21.1. The van der Waals surface area contributed by atoms with Crippen molar-refractivity contribution < 1.29 is 32.6 Å². The first-order chi connectivity index (χ1) is 13.4. The molecule has 0 bridgehead atoms. The highest BCUT2D eigenvalue weighted by Crippen LogP contribution is 2.19. The highest BCUT2D eigenvalue weighted by atomic mass is 32.2. The Hall–Kier alpha value is -3.25. The van der Waals surface area contributed by atoms with Crippen LogP contribution in [0.15, 0.2) is 30.3 Å². The summed E-state index contributed by atoms with van der Waals surface area (Å²) in [6.07, 6.45) is 0. The van der Waals surface area contributed by atoms with Crippen molar-refractivity contribution in [2.75, 3.05) is 26.6 Å². The van der Waals surface area contributed by atoms with Crippen LogP contribution in [-0.4, -0.2) is 56.4 Å². The number of esters is 1.